The van der Waals surface area contributed by atoms with Crippen LogP contribution in [-0.4, -0.2) is 53.3 Å². The summed E-state index contributed by atoms with van der Waals surface area (Å²) in [6.45, 7) is -0.205. The highest BCUT2D eigenvalue weighted by Gasteiger charge is 2.47. The van der Waals surface area contributed by atoms with Crippen LogP contribution in [0.4, 0.5) is 0 Å². The second kappa shape index (κ2) is 6.22. The van der Waals surface area contributed by atoms with Crippen molar-refractivity contribution in [3.63, 3.8) is 0 Å². The Kier molecular flexibility index (Phi) is 4.01. The molecule has 0 aromatic carbocycles. The molecular weight excluding hydrogens is 338 g/mol. The number of hydrogen-bond donors (Lipinski definition) is 1. The standard InChI is InChI=1S/C17H21N5O4/c1-20-15-11(7-19-20)16(24)21(9-18-15)8-14(23)22-12-5-3-2-4-10(12)6-13(22)17(25)26/h7,9-10,12-13H,2-6,8H2,1H3,(H,25,26)/t10-,12+,13-/m0/s1. The average Bonchev–Trinajstić information content (AvgIpc) is 3.19. The minimum Gasteiger partial charge on any atom is -0.480 e. The van der Waals surface area contributed by atoms with Gasteiger partial charge in [0, 0.05) is 13.1 Å². The Morgan fingerprint density at radius 3 is 2.85 bits per heavy atom. The number of hydrogen-bond acceptors (Lipinski definition) is 5. The van der Waals surface area contributed by atoms with E-state index in [0.717, 1.165) is 25.7 Å². The van der Waals surface area contributed by atoms with Gasteiger partial charge in [0.2, 0.25) is 5.91 Å². The lowest BCUT2D eigenvalue weighted by molar-refractivity contribution is -0.150. The Hall–Kier alpha value is -2.71. The zero-order valence-electron chi connectivity index (χ0n) is 14.5. The van der Waals surface area contributed by atoms with E-state index in [1.165, 1.54) is 26.7 Å². The van der Waals surface area contributed by atoms with Crippen LogP contribution in [0.5, 0.6) is 0 Å². The molecule has 1 amide bonds. The Bertz CT molecular complexity index is 933. The van der Waals surface area contributed by atoms with E-state index >= 15 is 0 Å². The fourth-order valence-corrected chi connectivity index (χ4v) is 4.45. The molecule has 138 valence electrons. The van der Waals surface area contributed by atoms with Crippen LogP contribution >= 0.6 is 0 Å². The summed E-state index contributed by atoms with van der Waals surface area (Å²) in [7, 11) is 1.69. The molecule has 1 saturated carbocycles. The minimum absolute atomic E-state index is 0.0388. The number of aliphatic carboxylic acids is 1. The monoisotopic (exact) mass is 359 g/mol. The maximum atomic E-state index is 12.9. The number of aromatic nitrogens is 4. The van der Waals surface area contributed by atoms with Gasteiger partial charge < -0.3 is 10.0 Å². The first-order valence-corrected chi connectivity index (χ1v) is 8.88. The molecule has 3 heterocycles. The van der Waals surface area contributed by atoms with Crippen molar-refractivity contribution in [2.45, 2.75) is 50.7 Å². The van der Waals surface area contributed by atoms with Crippen molar-refractivity contribution in [2.75, 3.05) is 0 Å². The number of carboxylic acid groups (broad SMARTS) is 1. The second-order valence-electron chi connectivity index (χ2n) is 7.19. The number of nitrogens with zero attached hydrogens (tertiary/aromatic N) is 5. The van der Waals surface area contributed by atoms with Gasteiger partial charge >= 0.3 is 5.97 Å². The molecule has 0 radical (unpaired) electrons. The van der Waals surface area contributed by atoms with Gasteiger partial charge in [-0.1, -0.05) is 12.8 Å². The maximum Gasteiger partial charge on any atom is 0.326 e. The number of likely N-dealkylation sites (tertiary alicyclic amines) is 1. The molecule has 9 nitrogen and oxygen atoms in total. The number of rotatable bonds is 3. The summed E-state index contributed by atoms with van der Waals surface area (Å²) in [5.41, 5.74) is 0.110. The highest BCUT2D eigenvalue weighted by Crippen LogP contribution is 2.39. The third kappa shape index (κ3) is 2.58. The Morgan fingerprint density at radius 1 is 1.31 bits per heavy atom. The molecule has 1 saturated heterocycles. The number of aryl methyl sites for hydroxylation is 1. The summed E-state index contributed by atoms with van der Waals surface area (Å²) < 4.78 is 2.73. The summed E-state index contributed by atoms with van der Waals surface area (Å²) in [6.07, 6.45) is 7.13. The summed E-state index contributed by atoms with van der Waals surface area (Å²) in [4.78, 5) is 42.9. The number of carbonyl (C=O) groups excluding carboxylic acids is 1. The van der Waals surface area contributed by atoms with Crippen molar-refractivity contribution in [1.82, 2.24) is 24.2 Å². The van der Waals surface area contributed by atoms with E-state index in [-0.39, 0.29) is 30.0 Å². The normalized spacial score (nSPS) is 25.4. The smallest absolute Gasteiger partial charge is 0.326 e. The van der Waals surface area contributed by atoms with Crippen LogP contribution < -0.4 is 5.56 Å². The number of amides is 1. The van der Waals surface area contributed by atoms with Crippen molar-refractivity contribution in [3.8, 4) is 0 Å². The molecule has 1 aliphatic carbocycles. The summed E-state index contributed by atoms with van der Waals surface area (Å²) >= 11 is 0. The lowest BCUT2D eigenvalue weighted by atomic mass is 9.85. The molecular formula is C17H21N5O4. The molecule has 2 aromatic rings. The molecule has 3 atom stereocenters. The van der Waals surface area contributed by atoms with Gasteiger partial charge in [0.05, 0.1) is 6.20 Å². The van der Waals surface area contributed by atoms with Gasteiger partial charge in [-0.15, -0.1) is 0 Å². The SMILES string of the molecule is Cn1ncc2c(=O)n(CC(=O)N3[C@@H]4CCCC[C@H]4C[C@H]3C(=O)O)cnc21. The van der Waals surface area contributed by atoms with Crippen LogP contribution in [-0.2, 0) is 23.2 Å². The van der Waals surface area contributed by atoms with E-state index in [1.807, 2.05) is 0 Å². The van der Waals surface area contributed by atoms with E-state index in [1.54, 1.807) is 7.05 Å². The Balaban J connectivity index is 1.63. The molecule has 1 aliphatic heterocycles. The molecule has 0 unspecified atom stereocenters. The fourth-order valence-electron chi connectivity index (χ4n) is 4.45. The van der Waals surface area contributed by atoms with E-state index in [9.17, 15) is 19.5 Å². The van der Waals surface area contributed by atoms with Gasteiger partial charge in [-0.25, -0.2) is 9.78 Å². The van der Waals surface area contributed by atoms with Crippen LogP contribution in [0.2, 0.25) is 0 Å². The molecule has 9 heteroatoms. The molecule has 2 aromatic heterocycles. The predicted molar refractivity (Wildman–Crippen MR) is 91.4 cm³/mol. The lowest BCUT2D eigenvalue weighted by Crippen LogP contribution is -2.48. The van der Waals surface area contributed by atoms with Gasteiger partial charge in [0.15, 0.2) is 5.65 Å². The molecule has 26 heavy (non-hydrogen) atoms. The van der Waals surface area contributed by atoms with Crippen molar-refractivity contribution >= 4 is 22.9 Å². The molecule has 2 fully saturated rings. The predicted octanol–water partition coefficient (Wildman–Crippen LogP) is 0.374. The summed E-state index contributed by atoms with van der Waals surface area (Å²) in [5, 5.41) is 13.9. The number of carbonyl (C=O) groups is 2. The number of fused-ring (bicyclic) bond motifs is 2. The van der Waals surface area contributed by atoms with Gasteiger partial charge in [-0.05, 0) is 25.2 Å². The highest BCUT2D eigenvalue weighted by atomic mass is 16.4. The highest BCUT2D eigenvalue weighted by molar-refractivity contribution is 5.85. The summed E-state index contributed by atoms with van der Waals surface area (Å²) in [6, 6.07) is -0.843. The Labute approximate surface area is 149 Å². The first-order valence-electron chi connectivity index (χ1n) is 8.88. The Morgan fingerprint density at radius 2 is 2.08 bits per heavy atom. The quantitative estimate of drug-likeness (QED) is 0.848. The molecule has 0 spiro atoms. The molecule has 4 rings (SSSR count). The van der Waals surface area contributed by atoms with E-state index in [0.29, 0.717) is 17.5 Å². The zero-order chi connectivity index (χ0) is 18.4. The van der Waals surface area contributed by atoms with Gasteiger partial charge in [-0.2, -0.15) is 5.10 Å². The third-order valence-electron chi connectivity index (χ3n) is 5.68. The summed E-state index contributed by atoms with van der Waals surface area (Å²) in [5.74, 6) is -1.07. The van der Waals surface area contributed by atoms with Crippen LogP contribution in [0, 0.1) is 5.92 Å². The maximum absolute atomic E-state index is 12.9. The van der Waals surface area contributed by atoms with Crippen molar-refractivity contribution < 1.29 is 14.7 Å². The van der Waals surface area contributed by atoms with E-state index < -0.39 is 12.0 Å². The van der Waals surface area contributed by atoms with Gasteiger partial charge in [0.1, 0.15) is 24.3 Å². The van der Waals surface area contributed by atoms with E-state index in [4.69, 9.17) is 0 Å². The number of carboxylic acids is 1. The third-order valence-corrected chi connectivity index (χ3v) is 5.68. The van der Waals surface area contributed by atoms with Crippen molar-refractivity contribution in [3.05, 3.63) is 22.9 Å². The van der Waals surface area contributed by atoms with Crippen molar-refractivity contribution in [2.24, 2.45) is 13.0 Å². The van der Waals surface area contributed by atoms with Crippen LogP contribution in [0.25, 0.3) is 11.0 Å². The minimum atomic E-state index is -0.971. The van der Waals surface area contributed by atoms with E-state index in [2.05, 4.69) is 10.1 Å². The largest absolute Gasteiger partial charge is 0.480 e. The van der Waals surface area contributed by atoms with Gasteiger partial charge in [-0.3, -0.25) is 18.8 Å². The lowest BCUT2D eigenvalue weighted by Gasteiger charge is -2.33. The molecule has 1 N–H and O–H groups in total. The average molecular weight is 359 g/mol. The zero-order valence-corrected chi connectivity index (χ0v) is 14.5. The first kappa shape index (κ1) is 16.7. The van der Waals surface area contributed by atoms with Crippen molar-refractivity contribution in [1.29, 1.82) is 0 Å². The van der Waals surface area contributed by atoms with Crippen LogP contribution in [0.15, 0.2) is 17.3 Å². The van der Waals surface area contributed by atoms with Crippen LogP contribution in [0.3, 0.4) is 0 Å². The molecule has 2 aliphatic rings. The first-order chi connectivity index (χ1) is 12.5. The topological polar surface area (TPSA) is 110 Å². The molecule has 0 bridgehead atoms. The van der Waals surface area contributed by atoms with Crippen LogP contribution in [0.1, 0.15) is 32.1 Å². The van der Waals surface area contributed by atoms with Gasteiger partial charge in [0.25, 0.3) is 5.56 Å². The second-order valence-corrected chi connectivity index (χ2v) is 7.19. The fraction of sp³-hybridized carbons (Fsp3) is 0.588.